The van der Waals surface area contributed by atoms with Crippen molar-refractivity contribution in [1.29, 1.82) is 0 Å². The molecule has 0 aliphatic carbocycles. The van der Waals surface area contributed by atoms with E-state index in [1.54, 1.807) is 10.6 Å². The number of hydrogen-bond acceptors (Lipinski definition) is 7. The molecule has 0 bridgehead atoms. The van der Waals surface area contributed by atoms with E-state index >= 15 is 0 Å². The number of piperazine rings is 1. The molecule has 2 aliphatic heterocycles. The van der Waals surface area contributed by atoms with Crippen LogP contribution in [0.25, 0.3) is 10.9 Å². The molecule has 0 spiro atoms. The molecule has 4 heterocycles. The van der Waals surface area contributed by atoms with Gasteiger partial charge in [-0.2, -0.15) is 10.1 Å². The van der Waals surface area contributed by atoms with Gasteiger partial charge in [-0.05, 0) is 38.9 Å². The molecular formula is C22H29FN8O. The van der Waals surface area contributed by atoms with Crippen LogP contribution in [0.5, 0.6) is 0 Å². The molecule has 1 atom stereocenters. The molecule has 9 nitrogen and oxygen atoms in total. The second kappa shape index (κ2) is 7.84. The first-order valence-electron chi connectivity index (χ1n) is 11.2. The third-order valence-corrected chi connectivity index (χ3v) is 6.71. The smallest absolute Gasteiger partial charge is 0.343 e. The highest BCUT2D eigenvalue weighted by Gasteiger charge is 2.34. The van der Waals surface area contributed by atoms with E-state index in [1.165, 1.54) is 6.07 Å². The van der Waals surface area contributed by atoms with Gasteiger partial charge in [-0.3, -0.25) is 9.47 Å². The third kappa shape index (κ3) is 3.62. The molecule has 170 valence electrons. The monoisotopic (exact) mass is 440 g/mol. The van der Waals surface area contributed by atoms with Crippen molar-refractivity contribution in [3.63, 3.8) is 0 Å². The van der Waals surface area contributed by atoms with Gasteiger partial charge in [0.25, 0.3) is 0 Å². The standard InChI is InChI=1S/C22H29FN8O/c1-4-30-11-10-29(13-22(30,2)3)19-18-15(23)6-5-7-16(18)25-20(26-19)24-14-8-9-31-17(12-14)27-28-21(31)32/h5-7,14H,4,8-13H2,1-3H3,(H,28,32)(H,24,25,26). The molecule has 10 heteroatoms. The molecule has 2 aromatic heterocycles. The summed E-state index contributed by atoms with van der Waals surface area (Å²) in [5.74, 6) is 1.53. The number of nitrogens with zero attached hydrogens (tertiary/aromatic N) is 6. The highest BCUT2D eigenvalue weighted by Crippen LogP contribution is 2.32. The molecule has 5 rings (SSSR count). The van der Waals surface area contributed by atoms with E-state index in [9.17, 15) is 9.18 Å². The molecule has 0 amide bonds. The zero-order chi connectivity index (χ0) is 22.5. The predicted molar refractivity (Wildman–Crippen MR) is 122 cm³/mol. The number of aromatic nitrogens is 5. The normalized spacial score (nSPS) is 21.0. The molecule has 1 unspecified atom stereocenters. The van der Waals surface area contributed by atoms with Crippen molar-refractivity contribution in [3.05, 3.63) is 40.3 Å². The van der Waals surface area contributed by atoms with Crippen LogP contribution in [0.15, 0.2) is 23.0 Å². The summed E-state index contributed by atoms with van der Waals surface area (Å²) in [5.41, 5.74) is 0.364. The Bertz CT molecular complexity index is 1200. The van der Waals surface area contributed by atoms with Crippen molar-refractivity contribution in [2.75, 3.05) is 36.4 Å². The molecule has 2 N–H and O–H groups in total. The minimum Gasteiger partial charge on any atom is -0.353 e. The second-order valence-corrected chi connectivity index (χ2v) is 9.25. The van der Waals surface area contributed by atoms with E-state index in [4.69, 9.17) is 4.98 Å². The number of fused-ring (bicyclic) bond motifs is 2. The van der Waals surface area contributed by atoms with Crippen molar-refractivity contribution in [2.24, 2.45) is 0 Å². The first-order chi connectivity index (χ1) is 15.4. The molecule has 32 heavy (non-hydrogen) atoms. The number of likely N-dealkylation sites (N-methyl/N-ethyl adjacent to an activating group) is 1. The number of hydrogen-bond donors (Lipinski definition) is 2. The van der Waals surface area contributed by atoms with Gasteiger partial charge in [0.15, 0.2) is 0 Å². The van der Waals surface area contributed by atoms with Gasteiger partial charge in [0.1, 0.15) is 17.5 Å². The third-order valence-electron chi connectivity index (χ3n) is 6.71. The van der Waals surface area contributed by atoms with Crippen molar-refractivity contribution in [2.45, 2.75) is 51.7 Å². The van der Waals surface area contributed by atoms with Gasteiger partial charge in [-0.1, -0.05) is 13.0 Å². The minimum atomic E-state index is -0.307. The molecular weight excluding hydrogens is 411 g/mol. The van der Waals surface area contributed by atoms with Gasteiger partial charge in [-0.15, -0.1) is 0 Å². The molecule has 0 saturated carbocycles. The minimum absolute atomic E-state index is 0.0455. The maximum atomic E-state index is 14.9. The van der Waals surface area contributed by atoms with Gasteiger partial charge in [0.2, 0.25) is 5.95 Å². The summed E-state index contributed by atoms with van der Waals surface area (Å²) in [5, 5.41) is 10.5. The Kier molecular flexibility index (Phi) is 5.11. The zero-order valence-corrected chi connectivity index (χ0v) is 18.7. The summed E-state index contributed by atoms with van der Waals surface area (Å²) < 4.78 is 16.6. The van der Waals surface area contributed by atoms with Gasteiger partial charge >= 0.3 is 5.69 Å². The maximum absolute atomic E-state index is 14.9. The number of benzene rings is 1. The first kappa shape index (κ1) is 20.9. The molecule has 1 aromatic carbocycles. The fourth-order valence-corrected chi connectivity index (χ4v) is 5.02. The quantitative estimate of drug-likeness (QED) is 0.641. The summed E-state index contributed by atoms with van der Waals surface area (Å²) in [4.78, 5) is 25.8. The Morgan fingerprint density at radius 1 is 1.25 bits per heavy atom. The average molecular weight is 441 g/mol. The number of aromatic amines is 1. The Hall–Kier alpha value is -3.01. The van der Waals surface area contributed by atoms with Crippen LogP contribution in [0.3, 0.4) is 0 Å². The summed E-state index contributed by atoms with van der Waals surface area (Å²) >= 11 is 0. The summed E-state index contributed by atoms with van der Waals surface area (Å²) in [6.45, 7) is 10.6. The number of rotatable bonds is 4. The molecule has 3 aromatic rings. The van der Waals surface area contributed by atoms with E-state index < -0.39 is 0 Å². The zero-order valence-electron chi connectivity index (χ0n) is 18.7. The van der Waals surface area contributed by atoms with Crippen LogP contribution in [0.4, 0.5) is 16.2 Å². The number of H-pyrrole nitrogens is 1. The van der Waals surface area contributed by atoms with E-state index in [-0.39, 0.29) is 23.1 Å². The highest BCUT2D eigenvalue weighted by molar-refractivity contribution is 5.91. The average Bonchev–Trinajstić information content (AvgIpc) is 3.12. The lowest BCUT2D eigenvalue weighted by Gasteiger charge is -2.47. The van der Waals surface area contributed by atoms with Crippen molar-refractivity contribution in [3.8, 4) is 0 Å². The lowest BCUT2D eigenvalue weighted by molar-refractivity contribution is 0.111. The van der Waals surface area contributed by atoms with E-state index in [1.807, 2.05) is 6.07 Å². The van der Waals surface area contributed by atoms with Crippen LogP contribution in [0.2, 0.25) is 0 Å². The molecule has 1 saturated heterocycles. The van der Waals surface area contributed by atoms with Gasteiger partial charge in [0.05, 0.1) is 10.9 Å². The van der Waals surface area contributed by atoms with Crippen molar-refractivity contribution >= 4 is 22.7 Å². The first-order valence-corrected chi connectivity index (χ1v) is 11.2. The molecule has 1 fully saturated rings. The Morgan fingerprint density at radius 3 is 2.88 bits per heavy atom. The Balaban J connectivity index is 1.48. The highest BCUT2D eigenvalue weighted by atomic mass is 19.1. The van der Waals surface area contributed by atoms with Crippen molar-refractivity contribution < 1.29 is 4.39 Å². The largest absolute Gasteiger partial charge is 0.353 e. The molecule has 2 aliphatic rings. The van der Waals surface area contributed by atoms with Crippen LogP contribution < -0.4 is 15.9 Å². The summed E-state index contributed by atoms with van der Waals surface area (Å²) in [6, 6.07) is 5.02. The van der Waals surface area contributed by atoms with Crippen molar-refractivity contribution in [1.82, 2.24) is 29.6 Å². The second-order valence-electron chi connectivity index (χ2n) is 9.25. The predicted octanol–water partition coefficient (Wildman–Crippen LogP) is 2.00. The topological polar surface area (TPSA) is 95.0 Å². The van der Waals surface area contributed by atoms with Crippen LogP contribution in [0.1, 0.15) is 33.0 Å². The van der Waals surface area contributed by atoms with Gasteiger partial charge in [0, 0.05) is 44.2 Å². The molecule has 0 radical (unpaired) electrons. The van der Waals surface area contributed by atoms with Crippen LogP contribution in [-0.4, -0.2) is 67.4 Å². The van der Waals surface area contributed by atoms with Crippen LogP contribution in [-0.2, 0) is 13.0 Å². The lowest BCUT2D eigenvalue weighted by Crippen LogP contribution is -2.59. The SMILES string of the molecule is CCN1CCN(c2nc(NC3CCn4c(n[nH]c4=O)C3)nc3cccc(F)c23)CC1(C)C. The van der Waals surface area contributed by atoms with Crippen LogP contribution in [0, 0.1) is 5.82 Å². The number of nitrogens with one attached hydrogen (secondary N) is 2. The fourth-order valence-electron chi connectivity index (χ4n) is 5.02. The van der Waals surface area contributed by atoms with E-state index in [0.717, 1.165) is 38.4 Å². The van der Waals surface area contributed by atoms with Crippen LogP contribution >= 0.6 is 0 Å². The number of halogens is 1. The maximum Gasteiger partial charge on any atom is 0.343 e. The van der Waals surface area contributed by atoms with E-state index in [2.05, 4.69) is 51.1 Å². The summed E-state index contributed by atoms with van der Waals surface area (Å²) in [6.07, 6.45) is 1.36. The fraction of sp³-hybridized carbons (Fsp3) is 0.545. The Morgan fingerprint density at radius 2 is 2.09 bits per heavy atom. The lowest BCUT2D eigenvalue weighted by atomic mass is 9.98. The summed E-state index contributed by atoms with van der Waals surface area (Å²) in [7, 11) is 0. The number of anilines is 2. The Labute approximate surface area is 185 Å². The van der Waals surface area contributed by atoms with Gasteiger partial charge < -0.3 is 10.2 Å². The van der Waals surface area contributed by atoms with Gasteiger partial charge in [-0.25, -0.2) is 19.3 Å². The van der Waals surface area contributed by atoms with E-state index in [0.29, 0.717) is 35.6 Å².